The van der Waals surface area contributed by atoms with Crippen LogP contribution in [0, 0.1) is 6.92 Å². The van der Waals surface area contributed by atoms with E-state index in [0.717, 1.165) is 21.4 Å². The van der Waals surface area contributed by atoms with Gasteiger partial charge in [0.05, 0.1) is 5.69 Å². The summed E-state index contributed by atoms with van der Waals surface area (Å²) in [6, 6.07) is 17.0. The van der Waals surface area contributed by atoms with Crippen LogP contribution in [-0.2, 0) is 0 Å². The molecule has 2 aromatic heterocycles. The molecule has 0 aliphatic carbocycles. The number of halogens is 1. The zero-order valence-corrected chi connectivity index (χ0v) is 13.1. The molecule has 0 saturated heterocycles. The van der Waals surface area contributed by atoms with E-state index in [9.17, 15) is 0 Å². The van der Waals surface area contributed by atoms with E-state index in [4.69, 9.17) is 4.98 Å². The van der Waals surface area contributed by atoms with Crippen molar-refractivity contribution < 1.29 is 0 Å². The summed E-state index contributed by atoms with van der Waals surface area (Å²) in [6.45, 7) is 2.08. The third-order valence-corrected chi connectivity index (χ3v) is 4.61. The van der Waals surface area contributed by atoms with E-state index in [1.165, 1.54) is 16.3 Å². The molecule has 0 atom stereocenters. The Hall–Kier alpha value is -2.13. The second-order valence-corrected chi connectivity index (χ2v) is 6.11. The topological polar surface area (TPSA) is 17.3 Å². The monoisotopic (exact) mass is 336 g/mol. The summed E-state index contributed by atoms with van der Waals surface area (Å²) in [7, 11) is 0. The molecule has 0 aliphatic rings. The van der Waals surface area contributed by atoms with Crippen LogP contribution in [0.1, 0.15) is 5.56 Å². The minimum Gasteiger partial charge on any atom is -0.305 e. The Morgan fingerprint density at radius 3 is 2.62 bits per heavy atom. The lowest BCUT2D eigenvalue weighted by Gasteiger charge is -2.00. The van der Waals surface area contributed by atoms with Crippen molar-refractivity contribution in [1.82, 2.24) is 9.38 Å². The fourth-order valence-corrected chi connectivity index (χ4v) is 2.93. The Morgan fingerprint density at radius 1 is 0.952 bits per heavy atom. The van der Waals surface area contributed by atoms with Gasteiger partial charge in [0.2, 0.25) is 0 Å². The van der Waals surface area contributed by atoms with Crippen molar-refractivity contribution in [2.24, 2.45) is 0 Å². The normalized spacial score (nSPS) is 11.3. The molecule has 21 heavy (non-hydrogen) atoms. The minimum absolute atomic E-state index is 0.971. The van der Waals surface area contributed by atoms with Crippen molar-refractivity contribution in [2.75, 3.05) is 0 Å². The van der Waals surface area contributed by atoms with Gasteiger partial charge in [0.1, 0.15) is 5.65 Å². The molecule has 0 amide bonds. The highest BCUT2D eigenvalue weighted by Gasteiger charge is 2.07. The largest absolute Gasteiger partial charge is 0.305 e. The molecule has 0 aliphatic heterocycles. The van der Waals surface area contributed by atoms with Gasteiger partial charge in [-0.05, 0) is 51.3 Å². The first-order valence-electron chi connectivity index (χ1n) is 6.85. The summed E-state index contributed by atoms with van der Waals surface area (Å²) in [6.07, 6.45) is 4.13. The van der Waals surface area contributed by atoms with E-state index < -0.39 is 0 Å². The summed E-state index contributed by atoms with van der Waals surface area (Å²) in [5.74, 6) is 0. The Bertz CT molecular complexity index is 930. The van der Waals surface area contributed by atoms with Crippen LogP contribution >= 0.6 is 15.9 Å². The van der Waals surface area contributed by atoms with Crippen LogP contribution in [-0.4, -0.2) is 9.38 Å². The molecule has 0 fully saturated rings. The SMILES string of the molecule is Cc1cc2nc(-c3ccc4ccccc4c3)cn2cc1Br. The van der Waals surface area contributed by atoms with Crippen molar-refractivity contribution in [3.05, 3.63) is 71.0 Å². The van der Waals surface area contributed by atoms with Crippen LogP contribution in [0.5, 0.6) is 0 Å². The van der Waals surface area contributed by atoms with E-state index in [0.29, 0.717) is 0 Å². The van der Waals surface area contributed by atoms with E-state index in [-0.39, 0.29) is 0 Å². The van der Waals surface area contributed by atoms with Gasteiger partial charge in [-0.3, -0.25) is 0 Å². The molecule has 0 saturated carbocycles. The van der Waals surface area contributed by atoms with Gasteiger partial charge in [0.25, 0.3) is 0 Å². The number of nitrogens with zero attached hydrogens (tertiary/aromatic N) is 2. The Kier molecular flexibility index (Phi) is 2.82. The van der Waals surface area contributed by atoms with E-state index in [2.05, 4.69) is 88.2 Å². The van der Waals surface area contributed by atoms with Gasteiger partial charge in [0.15, 0.2) is 0 Å². The van der Waals surface area contributed by atoms with Crippen LogP contribution in [0.15, 0.2) is 65.4 Å². The van der Waals surface area contributed by atoms with E-state index in [1.54, 1.807) is 0 Å². The molecule has 0 radical (unpaired) electrons. The fraction of sp³-hybridized carbons (Fsp3) is 0.0556. The Balaban J connectivity index is 1.91. The third-order valence-electron chi connectivity index (χ3n) is 3.78. The van der Waals surface area contributed by atoms with E-state index >= 15 is 0 Å². The number of hydrogen-bond acceptors (Lipinski definition) is 1. The average molecular weight is 337 g/mol. The second kappa shape index (κ2) is 4.71. The Labute approximate surface area is 131 Å². The molecular formula is C18H13BrN2. The van der Waals surface area contributed by atoms with Crippen molar-refractivity contribution in [1.29, 1.82) is 0 Å². The number of hydrogen-bond donors (Lipinski definition) is 0. The van der Waals surface area contributed by atoms with Gasteiger partial charge in [0, 0.05) is 22.4 Å². The van der Waals surface area contributed by atoms with Gasteiger partial charge in [-0.25, -0.2) is 4.98 Å². The molecule has 2 aromatic carbocycles. The number of benzene rings is 2. The molecule has 4 aromatic rings. The summed E-state index contributed by atoms with van der Waals surface area (Å²) >= 11 is 3.57. The molecular weight excluding hydrogens is 324 g/mol. The maximum Gasteiger partial charge on any atom is 0.137 e. The van der Waals surface area contributed by atoms with Crippen molar-refractivity contribution in [2.45, 2.75) is 6.92 Å². The molecule has 3 heteroatoms. The van der Waals surface area contributed by atoms with E-state index in [1.807, 2.05) is 0 Å². The van der Waals surface area contributed by atoms with Gasteiger partial charge in [-0.15, -0.1) is 0 Å². The predicted octanol–water partition coefficient (Wildman–Crippen LogP) is 5.23. The predicted molar refractivity (Wildman–Crippen MR) is 90.6 cm³/mol. The molecule has 0 N–H and O–H groups in total. The van der Waals surface area contributed by atoms with Crippen LogP contribution in [0.25, 0.3) is 27.7 Å². The average Bonchev–Trinajstić information content (AvgIpc) is 2.90. The summed E-state index contributed by atoms with van der Waals surface area (Å²) < 4.78 is 3.15. The number of imidazole rings is 1. The maximum absolute atomic E-state index is 4.73. The molecule has 4 rings (SSSR count). The highest BCUT2D eigenvalue weighted by molar-refractivity contribution is 9.10. The number of pyridine rings is 1. The van der Waals surface area contributed by atoms with Gasteiger partial charge in [-0.1, -0.05) is 36.4 Å². The number of fused-ring (bicyclic) bond motifs is 2. The van der Waals surface area contributed by atoms with Gasteiger partial charge in [-0.2, -0.15) is 0 Å². The molecule has 0 bridgehead atoms. The van der Waals surface area contributed by atoms with Crippen molar-refractivity contribution >= 4 is 32.3 Å². The lowest BCUT2D eigenvalue weighted by Crippen LogP contribution is -1.85. The summed E-state index contributed by atoms with van der Waals surface area (Å²) in [4.78, 5) is 4.73. The van der Waals surface area contributed by atoms with Crippen LogP contribution in [0.4, 0.5) is 0 Å². The Morgan fingerprint density at radius 2 is 1.76 bits per heavy atom. The number of rotatable bonds is 1. The maximum atomic E-state index is 4.73. The van der Waals surface area contributed by atoms with Gasteiger partial charge < -0.3 is 4.40 Å². The lowest BCUT2D eigenvalue weighted by atomic mass is 10.1. The number of aromatic nitrogens is 2. The first-order valence-corrected chi connectivity index (χ1v) is 7.64. The molecule has 102 valence electrons. The van der Waals surface area contributed by atoms with Crippen LogP contribution < -0.4 is 0 Å². The minimum atomic E-state index is 0.971. The zero-order valence-electron chi connectivity index (χ0n) is 11.5. The first-order chi connectivity index (χ1) is 10.2. The lowest BCUT2D eigenvalue weighted by molar-refractivity contribution is 1.16. The van der Waals surface area contributed by atoms with Crippen molar-refractivity contribution in [3.63, 3.8) is 0 Å². The molecule has 2 heterocycles. The third kappa shape index (κ3) is 2.14. The second-order valence-electron chi connectivity index (χ2n) is 5.26. The molecule has 0 spiro atoms. The zero-order chi connectivity index (χ0) is 14.4. The first kappa shape index (κ1) is 12.6. The standard InChI is InChI=1S/C18H13BrN2/c1-12-8-18-20-17(11-21(18)10-16(12)19)15-7-6-13-4-2-3-5-14(13)9-15/h2-11H,1H3. The quantitative estimate of drug-likeness (QED) is 0.465. The molecule has 0 unspecified atom stereocenters. The van der Waals surface area contributed by atoms with Crippen LogP contribution in [0.2, 0.25) is 0 Å². The summed E-state index contributed by atoms with van der Waals surface area (Å²) in [5.41, 5.74) is 4.31. The highest BCUT2D eigenvalue weighted by atomic mass is 79.9. The number of aryl methyl sites for hydroxylation is 1. The smallest absolute Gasteiger partial charge is 0.137 e. The van der Waals surface area contributed by atoms with Crippen molar-refractivity contribution in [3.8, 4) is 11.3 Å². The van der Waals surface area contributed by atoms with Gasteiger partial charge >= 0.3 is 0 Å². The highest BCUT2D eigenvalue weighted by Crippen LogP contribution is 2.25. The molecule has 2 nitrogen and oxygen atoms in total. The summed E-state index contributed by atoms with van der Waals surface area (Å²) in [5, 5.41) is 2.49. The van der Waals surface area contributed by atoms with Crippen LogP contribution in [0.3, 0.4) is 0 Å². The fourth-order valence-electron chi connectivity index (χ4n) is 2.59.